The summed E-state index contributed by atoms with van der Waals surface area (Å²) in [5, 5.41) is 2.29. The number of fused-ring (bicyclic) bond motifs is 1. The second-order valence-corrected chi connectivity index (χ2v) is 8.03. The van der Waals surface area contributed by atoms with Gasteiger partial charge in [0.05, 0.1) is 10.7 Å². The molecule has 166 valence electrons. The molecule has 0 aliphatic carbocycles. The average molecular weight is 462 g/mol. The van der Waals surface area contributed by atoms with Gasteiger partial charge in [0, 0.05) is 43.2 Å². The highest BCUT2D eigenvalue weighted by Gasteiger charge is 2.39. The van der Waals surface area contributed by atoms with E-state index in [4.69, 9.17) is 11.6 Å². The highest BCUT2D eigenvalue weighted by molar-refractivity contribution is 6.33. The minimum Gasteiger partial charge on any atom is -0.352 e. The van der Waals surface area contributed by atoms with Crippen molar-refractivity contribution < 1.29 is 18.0 Å². The second kappa shape index (κ2) is 8.38. The van der Waals surface area contributed by atoms with E-state index >= 15 is 0 Å². The van der Waals surface area contributed by atoms with E-state index < -0.39 is 12.1 Å². The Morgan fingerprint density at radius 3 is 2.66 bits per heavy atom. The molecule has 0 spiro atoms. The molecule has 1 N–H and O–H groups in total. The van der Waals surface area contributed by atoms with Gasteiger partial charge in [-0.3, -0.25) is 9.78 Å². The fourth-order valence-corrected chi connectivity index (χ4v) is 3.84. The smallest absolute Gasteiger partial charge is 0.352 e. The Balaban J connectivity index is 1.57. The van der Waals surface area contributed by atoms with E-state index in [0.717, 1.165) is 27.9 Å². The van der Waals surface area contributed by atoms with E-state index in [0.29, 0.717) is 36.0 Å². The van der Waals surface area contributed by atoms with Crippen LogP contribution < -0.4 is 10.2 Å². The van der Waals surface area contributed by atoms with Crippen LogP contribution in [0.5, 0.6) is 0 Å². The second-order valence-electron chi connectivity index (χ2n) is 7.63. The van der Waals surface area contributed by atoms with Crippen LogP contribution >= 0.6 is 11.6 Å². The van der Waals surface area contributed by atoms with Gasteiger partial charge >= 0.3 is 12.1 Å². The van der Waals surface area contributed by atoms with E-state index in [9.17, 15) is 18.0 Å². The number of nitrogens with zero attached hydrogens (tertiary/aromatic N) is 4. The van der Waals surface area contributed by atoms with Crippen molar-refractivity contribution in [2.24, 2.45) is 0 Å². The Morgan fingerprint density at radius 2 is 1.94 bits per heavy atom. The van der Waals surface area contributed by atoms with Gasteiger partial charge in [0.15, 0.2) is 0 Å². The van der Waals surface area contributed by atoms with Gasteiger partial charge in [0.2, 0.25) is 0 Å². The monoisotopic (exact) mass is 461 g/mol. The van der Waals surface area contributed by atoms with E-state index in [1.54, 1.807) is 23.8 Å². The van der Waals surface area contributed by atoms with Crippen molar-refractivity contribution in [3.8, 4) is 11.3 Å². The lowest BCUT2D eigenvalue weighted by atomic mass is 10.0. The zero-order valence-electron chi connectivity index (χ0n) is 17.3. The number of rotatable bonds is 3. The zero-order valence-corrected chi connectivity index (χ0v) is 18.1. The number of hydrogen-bond acceptors (Lipinski definition) is 5. The first kappa shape index (κ1) is 22.0. The SMILES string of the molecule is Cc1cnc(-c2cc(N3CCc4nc(NC(=O)C(F)(F)F)ccc4C3)ncc2Cl)c(C)c1. The third-order valence-corrected chi connectivity index (χ3v) is 5.48. The number of anilines is 2. The van der Waals surface area contributed by atoms with Gasteiger partial charge < -0.3 is 10.2 Å². The third kappa shape index (κ3) is 4.52. The molecule has 3 aromatic heterocycles. The van der Waals surface area contributed by atoms with Crippen molar-refractivity contribution in [3.05, 3.63) is 64.1 Å². The summed E-state index contributed by atoms with van der Waals surface area (Å²) in [5.41, 5.74) is 5.13. The van der Waals surface area contributed by atoms with Crippen LogP contribution in [-0.2, 0) is 17.8 Å². The first-order valence-electron chi connectivity index (χ1n) is 9.83. The van der Waals surface area contributed by atoms with Gasteiger partial charge in [-0.2, -0.15) is 13.2 Å². The van der Waals surface area contributed by atoms with E-state index in [1.165, 1.54) is 6.07 Å². The predicted molar refractivity (Wildman–Crippen MR) is 116 cm³/mol. The Kier molecular flexibility index (Phi) is 5.77. The van der Waals surface area contributed by atoms with Crippen molar-refractivity contribution in [2.75, 3.05) is 16.8 Å². The zero-order chi connectivity index (χ0) is 23.0. The molecule has 0 fully saturated rings. The van der Waals surface area contributed by atoms with E-state index in [1.807, 2.05) is 30.9 Å². The molecule has 0 saturated heterocycles. The van der Waals surface area contributed by atoms with Crippen LogP contribution in [-0.4, -0.2) is 33.6 Å². The molecule has 0 saturated carbocycles. The van der Waals surface area contributed by atoms with Crippen LogP contribution in [0.25, 0.3) is 11.3 Å². The van der Waals surface area contributed by atoms with Crippen LogP contribution in [0.15, 0.2) is 36.7 Å². The lowest BCUT2D eigenvalue weighted by Gasteiger charge is -2.30. The number of carbonyl (C=O) groups is 1. The topological polar surface area (TPSA) is 71.0 Å². The van der Waals surface area contributed by atoms with E-state index in [-0.39, 0.29) is 5.82 Å². The number of amides is 1. The summed E-state index contributed by atoms with van der Waals surface area (Å²) in [6.07, 6.45) is -1.09. The molecule has 4 rings (SSSR count). The molecule has 10 heteroatoms. The molecular formula is C22H19ClF3N5O. The van der Waals surface area contributed by atoms with Crippen molar-refractivity contribution in [1.82, 2.24) is 15.0 Å². The molecule has 32 heavy (non-hydrogen) atoms. The molecule has 0 atom stereocenters. The highest BCUT2D eigenvalue weighted by Crippen LogP contribution is 2.33. The minimum absolute atomic E-state index is 0.118. The van der Waals surface area contributed by atoms with Gasteiger partial charge in [-0.25, -0.2) is 9.97 Å². The maximum absolute atomic E-state index is 12.5. The molecule has 1 amide bonds. The lowest BCUT2D eigenvalue weighted by molar-refractivity contribution is -0.167. The standard InChI is InChI=1S/C22H19ClF3N5O/c1-12-7-13(2)20(28-9-12)15-8-19(27-10-16(15)23)31-6-5-17-14(11-31)3-4-18(29-17)30-21(32)22(24,25)26/h3-4,7-10H,5-6,11H2,1-2H3,(H,29,30,32). The number of carbonyl (C=O) groups excluding carboxylic acids is 1. The van der Waals surface area contributed by atoms with Crippen LogP contribution in [0.1, 0.15) is 22.4 Å². The normalized spacial score (nSPS) is 13.6. The van der Waals surface area contributed by atoms with Crippen LogP contribution in [0.3, 0.4) is 0 Å². The molecule has 0 aromatic carbocycles. The highest BCUT2D eigenvalue weighted by atomic mass is 35.5. The summed E-state index contributed by atoms with van der Waals surface area (Å²) in [4.78, 5) is 26.4. The van der Waals surface area contributed by atoms with Crippen LogP contribution in [0, 0.1) is 13.8 Å². The number of nitrogens with one attached hydrogen (secondary N) is 1. The number of halogens is 4. The number of aryl methyl sites for hydroxylation is 2. The van der Waals surface area contributed by atoms with E-state index in [2.05, 4.69) is 15.0 Å². The molecule has 4 heterocycles. The predicted octanol–water partition coefficient (Wildman–Crippen LogP) is 4.87. The fourth-order valence-electron chi connectivity index (χ4n) is 3.65. The quantitative estimate of drug-likeness (QED) is 0.602. The molecular weight excluding hydrogens is 443 g/mol. The first-order chi connectivity index (χ1) is 15.1. The summed E-state index contributed by atoms with van der Waals surface area (Å²) >= 11 is 6.41. The van der Waals surface area contributed by atoms with Gasteiger partial charge in [-0.15, -0.1) is 0 Å². The van der Waals surface area contributed by atoms with Crippen molar-refractivity contribution >= 4 is 29.1 Å². The fraction of sp³-hybridized carbons (Fsp3) is 0.273. The molecule has 3 aromatic rings. The molecule has 0 radical (unpaired) electrons. The Bertz CT molecular complexity index is 1200. The van der Waals surface area contributed by atoms with Crippen molar-refractivity contribution in [3.63, 3.8) is 0 Å². The molecule has 1 aliphatic heterocycles. The first-order valence-corrected chi connectivity index (χ1v) is 10.2. The number of alkyl halides is 3. The summed E-state index contributed by atoms with van der Waals surface area (Å²) in [6, 6.07) is 6.97. The van der Waals surface area contributed by atoms with Crippen molar-refractivity contribution in [1.29, 1.82) is 0 Å². The maximum Gasteiger partial charge on any atom is 0.471 e. The average Bonchev–Trinajstić information content (AvgIpc) is 2.73. The van der Waals surface area contributed by atoms with Crippen LogP contribution in [0.4, 0.5) is 24.8 Å². The Morgan fingerprint density at radius 1 is 1.16 bits per heavy atom. The molecule has 0 bridgehead atoms. The number of hydrogen-bond donors (Lipinski definition) is 1. The molecule has 0 unspecified atom stereocenters. The summed E-state index contributed by atoms with van der Waals surface area (Å²) in [5.74, 6) is -1.45. The lowest BCUT2D eigenvalue weighted by Crippen LogP contribution is -2.33. The van der Waals surface area contributed by atoms with Crippen LogP contribution in [0.2, 0.25) is 5.02 Å². The Labute approximate surface area is 187 Å². The maximum atomic E-state index is 12.5. The summed E-state index contributed by atoms with van der Waals surface area (Å²) in [6.45, 7) is 4.99. The molecule has 6 nitrogen and oxygen atoms in total. The summed E-state index contributed by atoms with van der Waals surface area (Å²) in [7, 11) is 0. The number of aromatic nitrogens is 3. The summed E-state index contributed by atoms with van der Waals surface area (Å²) < 4.78 is 37.4. The van der Waals surface area contributed by atoms with Gasteiger partial charge in [-0.1, -0.05) is 23.7 Å². The van der Waals surface area contributed by atoms with Gasteiger partial charge in [0.1, 0.15) is 11.6 Å². The largest absolute Gasteiger partial charge is 0.471 e. The Hall–Kier alpha value is -3.20. The molecule has 1 aliphatic rings. The van der Waals surface area contributed by atoms with Gasteiger partial charge in [0.25, 0.3) is 0 Å². The number of pyridine rings is 3. The minimum atomic E-state index is -4.96. The third-order valence-electron chi connectivity index (χ3n) is 5.18. The van der Waals surface area contributed by atoms with Crippen molar-refractivity contribution in [2.45, 2.75) is 33.0 Å². The van der Waals surface area contributed by atoms with Gasteiger partial charge in [-0.05, 0) is 42.7 Å².